The van der Waals surface area contributed by atoms with E-state index in [1.54, 1.807) is 10.6 Å². The van der Waals surface area contributed by atoms with Gasteiger partial charge in [-0.1, -0.05) is 11.3 Å². The van der Waals surface area contributed by atoms with Gasteiger partial charge in [0.25, 0.3) is 4.96 Å². The van der Waals surface area contributed by atoms with Crippen molar-refractivity contribution in [1.82, 2.24) is 14.3 Å². The average Bonchev–Trinajstić information content (AvgIpc) is 3.16. The molecule has 0 saturated carbocycles. The molecule has 1 unspecified atom stereocenters. The number of rotatable bonds is 4. The lowest BCUT2D eigenvalue weighted by Crippen LogP contribution is -2.44. The van der Waals surface area contributed by atoms with Gasteiger partial charge in [-0.15, -0.1) is 0 Å². The summed E-state index contributed by atoms with van der Waals surface area (Å²) >= 11 is 1.43. The maximum atomic E-state index is 11.5. The maximum absolute atomic E-state index is 11.5. The highest BCUT2D eigenvalue weighted by atomic mass is 32.1. The number of thiazole rings is 1. The highest BCUT2D eigenvalue weighted by molar-refractivity contribution is 7.15. The van der Waals surface area contributed by atoms with Crippen molar-refractivity contribution < 1.29 is 9.66 Å². The number of hydrogen-bond acceptors (Lipinski definition) is 7. The molecule has 0 spiro atoms. The van der Waals surface area contributed by atoms with Crippen LogP contribution in [-0.4, -0.2) is 65.1 Å². The van der Waals surface area contributed by atoms with Crippen molar-refractivity contribution in [3.05, 3.63) is 21.7 Å². The van der Waals surface area contributed by atoms with Gasteiger partial charge < -0.3 is 19.8 Å². The molecule has 2 aliphatic heterocycles. The monoisotopic (exact) mass is 351 g/mol. The average molecular weight is 351 g/mol. The Bertz CT molecular complexity index is 724. The predicted molar refractivity (Wildman–Crippen MR) is 91.9 cm³/mol. The Hall–Kier alpha value is -1.71. The van der Waals surface area contributed by atoms with Crippen LogP contribution in [0.3, 0.4) is 0 Å². The van der Waals surface area contributed by atoms with E-state index >= 15 is 0 Å². The normalized spacial score (nSPS) is 23.0. The number of piperidine rings is 1. The molecular weight excluding hydrogens is 330 g/mol. The third kappa shape index (κ3) is 2.99. The van der Waals surface area contributed by atoms with Crippen molar-refractivity contribution in [3.8, 4) is 0 Å². The molecular formula is C15H21N5O3S. The number of nitro groups is 1. The summed E-state index contributed by atoms with van der Waals surface area (Å²) in [4.78, 5) is 21.0. The number of imidazole rings is 1. The SMILES string of the molecule is O=[N+]([O-])c1c(N2CCCC(CN3CCOCC3)C2)nc2sccn12. The van der Waals surface area contributed by atoms with Crippen LogP contribution in [-0.2, 0) is 4.74 Å². The largest absolute Gasteiger partial charge is 0.379 e. The summed E-state index contributed by atoms with van der Waals surface area (Å²) in [6.07, 6.45) is 3.95. The third-order valence-electron chi connectivity index (χ3n) is 4.83. The summed E-state index contributed by atoms with van der Waals surface area (Å²) < 4.78 is 7.00. The Balaban J connectivity index is 1.52. The van der Waals surface area contributed by atoms with Gasteiger partial charge >= 0.3 is 5.82 Å². The zero-order valence-corrected chi connectivity index (χ0v) is 14.3. The summed E-state index contributed by atoms with van der Waals surface area (Å²) in [5, 5.41) is 13.4. The molecule has 130 valence electrons. The number of morpholine rings is 1. The van der Waals surface area contributed by atoms with Crippen LogP contribution in [0.1, 0.15) is 12.8 Å². The van der Waals surface area contributed by atoms with E-state index < -0.39 is 0 Å². The summed E-state index contributed by atoms with van der Waals surface area (Å²) in [6, 6.07) is 0. The molecule has 0 bridgehead atoms. The van der Waals surface area contributed by atoms with Gasteiger partial charge in [0.1, 0.15) is 6.20 Å². The lowest BCUT2D eigenvalue weighted by Gasteiger charge is -2.36. The van der Waals surface area contributed by atoms with Crippen molar-refractivity contribution in [2.45, 2.75) is 12.8 Å². The minimum absolute atomic E-state index is 0.0956. The van der Waals surface area contributed by atoms with Gasteiger partial charge in [-0.3, -0.25) is 4.90 Å². The molecule has 0 N–H and O–H groups in total. The van der Waals surface area contributed by atoms with Crippen molar-refractivity contribution >= 4 is 27.9 Å². The number of anilines is 1. The van der Waals surface area contributed by atoms with Crippen LogP contribution < -0.4 is 4.90 Å². The molecule has 2 saturated heterocycles. The summed E-state index contributed by atoms with van der Waals surface area (Å²) in [7, 11) is 0. The molecule has 8 nitrogen and oxygen atoms in total. The molecule has 0 amide bonds. The third-order valence-corrected chi connectivity index (χ3v) is 5.59. The molecule has 1 atom stereocenters. The molecule has 24 heavy (non-hydrogen) atoms. The van der Waals surface area contributed by atoms with Gasteiger partial charge in [0.05, 0.1) is 13.2 Å². The highest BCUT2D eigenvalue weighted by Crippen LogP contribution is 2.33. The first-order chi connectivity index (χ1) is 11.7. The Morgan fingerprint density at radius 1 is 1.38 bits per heavy atom. The standard InChI is InChI=1S/C15H21N5O3S/c21-20(22)14-13(16-15-19(14)6-9-24-15)18-3-1-2-12(11-18)10-17-4-7-23-8-5-17/h6,9,12H,1-5,7-8,10-11H2. The smallest absolute Gasteiger partial charge is 0.373 e. The summed E-state index contributed by atoms with van der Waals surface area (Å²) in [6.45, 7) is 6.29. The van der Waals surface area contributed by atoms with E-state index in [-0.39, 0.29) is 10.7 Å². The fourth-order valence-electron chi connectivity index (χ4n) is 3.70. The van der Waals surface area contributed by atoms with Crippen molar-refractivity contribution in [2.75, 3.05) is 50.8 Å². The molecule has 0 radical (unpaired) electrons. The van der Waals surface area contributed by atoms with E-state index in [9.17, 15) is 10.1 Å². The van der Waals surface area contributed by atoms with Crippen LogP contribution in [0.5, 0.6) is 0 Å². The summed E-state index contributed by atoms with van der Waals surface area (Å²) in [5.41, 5.74) is 0. The number of fused-ring (bicyclic) bond motifs is 1. The van der Waals surface area contributed by atoms with Crippen LogP contribution in [0.15, 0.2) is 11.6 Å². The zero-order valence-electron chi connectivity index (χ0n) is 13.5. The van der Waals surface area contributed by atoms with Crippen LogP contribution in [0.4, 0.5) is 11.6 Å². The van der Waals surface area contributed by atoms with E-state index in [4.69, 9.17) is 4.74 Å². The number of aromatic nitrogens is 2. The quantitative estimate of drug-likeness (QED) is 0.618. The second-order valence-electron chi connectivity index (χ2n) is 6.44. The van der Waals surface area contributed by atoms with Crippen molar-refractivity contribution in [3.63, 3.8) is 0 Å². The van der Waals surface area contributed by atoms with E-state index in [1.807, 2.05) is 5.38 Å². The number of nitrogens with zero attached hydrogens (tertiary/aromatic N) is 5. The first-order valence-corrected chi connectivity index (χ1v) is 9.25. The van der Waals surface area contributed by atoms with Crippen LogP contribution in [0.25, 0.3) is 4.96 Å². The number of ether oxygens (including phenoxy) is 1. The van der Waals surface area contributed by atoms with Gasteiger partial charge in [-0.05, 0) is 23.7 Å². The fraction of sp³-hybridized carbons (Fsp3) is 0.667. The predicted octanol–water partition coefficient (Wildman–Crippen LogP) is 1.85. The van der Waals surface area contributed by atoms with E-state index in [0.717, 1.165) is 52.4 Å². The lowest BCUT2D eigenvalue weighted by atomic mass is 9.97. The van der Waals surface area contributed by atoms with Crippen LogP contribution in [0.2, 0.25) is 0 Å². The molecule has 9 heteroatoms. The molecule has 4 heterocycles. The van der Waals surface area contributed by atoms with Crippen LogP contribution >= 0.6 is 11.3 Å². The van der Waals surface area contributed by atoms with Gasteiger partial charge in [0.15, 0.2) is 0 Å². The summed E-state index contributed by atoms with van der Waals surface area (Å²) in [5.74, 6) is 1.15. The van der Waals surface area contributed by atoms with Crippen LogP contribution in [0, 0.1) is 16.0 Å². The lowest BCUT2D eigenvalue weighted by molar-refractivity contribution is -0.389. The van der Waals surface area contributed by atoms with Crippen molar-refractivity contribution in [2.24, 2.45) is 5.92 Å². The van der Waals surface area contributed by atoms with Crippen molar-refractivity contribution in [1.29, 1.82) is 0 Å². The first-order valence-electron chi connectivity index (χ1n) is 8.37. The minimum Gasteiger partial charge on any atom is -0.379 e. The molecule has 2 fully saturated rings. The van der Waals surface area contributed by atoms with E-state index in [1.165, 1.54) is 17.8 Å². The molecule has 0 aromatic carbocycles. The fourth-order valence-corrected chi connectivity index (χ4v) is 4.40. The molecule has 0 aliphatic carbocycles. The number of hydrogen-bond donors (Lipinski definition) is 0. The Labute approximate surface area is 143 Å². The maximum Gasteiger partial charge on any atom is 0.373 e. The highest BCUT2D eigenvalue weighted by Gasteiger charge is 2.31. The molecule has 2 aromatic heterocycles. The topological polar surface area (TPSA) is 76.2 Å². The van der Waals surface area contributed by atoms with Gasteiger partial charge in [0.2, 0.25) is 5.82 Å². The molecule has 4 rings (SSSR count). The first kappa shape index (κ1) is 15.8. The van der Waals surface area contributed by atoms with E-state index in [0.29, 0.717) is 16.7 Å². The Kier molecular flexibility index (Phi) is 4.38. The second kappa shape index (κ2) is 6.66. The molecule has 2 aromatic rings. The Morgan fingerprint density at radius 2 is 2.21 bits per heavy atom. The Morgan fingerprint density at radius 3 is 3.00 bits per heavy atom. The van der Waals surface area contributed by atoms with Gasteiger partial charge in [0, 0.05) is 38.1 Å². The van der Waals surface area contributed by atoms with Gasteiger partial charge in [-0.25, -0.2) is 0 Å². The molecule has 2 aliphatic rings. The minimum atomic E-state index is -0.312. The van der Waals surface area contributed by atoms with E-state index in [2.05, 4.69) is 14.8 Å². The van der Waals surface area contributed by atoms with Gasteiger partial charge in [-0.2, -0.15) is 9.38 Å². The zero-order chi connectivity index (χ0) is 16.5. The second-order valence-corrected chi connectivity index (χ2v) is 7.31.